The van der Waals surface area contributed by atoms with Crippen LogP contribution in [0, 0.1) is 0 Å². The number of aliphatic hydroxyl groups is 1. The van der Waals surface area contributed by atoms with Crippen molar-refractivity contribution in [1.29, 1.82) is 0 Å². The van der Waals surface area contributed by atoms with Crippen LogP contribution in [-0.4, -0.2) is 74.9 Å². The van der Waals surface area contributed by atoms with Gasteiger partial charge in [0.15, 0.2) is 0 Å². The Balaban J connectivity index is 2.19. The maximum Gasteiger partial charge on any atom is 0.327 e. The Labute approximate surface area is 195 Å². The van der Waals surface area contributed by atoms with Gasteiger partial charge in [-0.3, -0.25) is 14.4 Å². The van der Waals surface area contributed by atoms with Gasteiger partial charge in [-0.15, -0.1) is 0 Å². The largest absolute Gasteiger partial charge is 0.480 e. The maximum atomic E-state index is 13.0. The summed E-state index contributed by atoms with van der Waals surface area (Å²) in [5.74, 6) is -3.51. The molecule has 2 aromatic rings. The monoisotopic (exact) mass is 479 g/mol. The van der Waals surface area contributed by atoms with Crippen LogP contribution in [0.3, 0.4) is 0 Å². The summed E-state index contributed by atoms with van der Waals surface area (Å²) < 4.78 is 0. The number of carboxylic acids is 1. The van der Waals surface area contributed by atoms with Gasteiger partial charge in [-0.1, -0.05) is 18.2 Å². The number of thiol groups is 1. The Morgan fingerprint density at radius 2 is 1.67 bits per heavy atom. The van der Waals surface area contributed by atoms with E-state index in [0.717, 1.165) is 16.5 Å². The summed E-state index contributed by atoms with van der Waals surface area (Å²) in [5.41, 5.74) is 7.28. The molecule has 180 valence electrons. The second-order valence-corrected chi connectivity index (χ2v) is 8.07. The lowest BCUT2D eigenvalue weighted by Gasteiger charge is -2.24. The van der Waals surface area contributed by atoms with Crippen molar-refractivity contribution < 1.29 is 29.4 Å². The Kier molecular flexibility index (Phi) is 9.26. The molecule has 2 rings (SSSR count). The van der Waals surface area contributed by atoms with Crippen molar-refractivity contribution in [2.75, 3.05) is 5.75 Å². The molecular weight excluding hydrogens is 450 g/mol. The van der Waals surface area contributed by atoms with Crippen LogP contribution in [0.5, 0.6) is 0 Å². The summed E-state index contributed by atoms with van der Waals surface area (Å²) in [6, 6.07) is 2.74. The van der Waals surface area contributed by atoms with Gasteiger partial charge in [0, 0.05) is 29.3 Å². The summed E-state index contributed by atoms with van der Waals surface area (Å²) in [7, 11) is 0. The molecule has 33 heavy (non-hydrogen) atoms. The van der Waals surface area contributed by atoms with Gasteiger partial charge in [0.05, 0.1) is 6.10 Å². The van der Waals surface area contributed by atoms with Gasteiger partial charge < -0.3 is 36.9 Å². The molecule has 0 radical (unpaired) electrons. The van der Waals surface area contributed by atoms with E-state index in [1.165, 1.54) is 13.8 Å². The number of fused-ring (bicyclic) bond motifs is 1. The van der Waals surface area contributed by atoms with Crippen LogP contribution in [0.4, 0.5) is 0 Å². The van der Waals surface area contributed by atoms with Gasteiger partial charge in [-0.2, -0.15) is 12.6 Å². The number of para-hydroxylation sites is 1. The normalized spacial score (nSPS) is 15.7. The Bertz CT molecular complexity index is 1010. The summed E-state index contributed by atoms with van der Waals surface area (Å²) in [5, 5.41) is 26.8. The van der Waals surface area contributed by atoms with Crippen molar-refractivity contribution in [3.63, 3.8) is 0 Å². The van der Waals surface area contributed by atoms with Gasteiger partial charge >= 0.3 is 5.97 Å². The van der Waals surface area contributed by atoms with E-state index in [2.05, 4.69) is 33.6 Å². The number of rotatable bonds is 11. The summed E-state index contributed by atoms with van der Waals surface area (Å²) in [4.78, 5) is 51.9. The number of H-pyrrole nitrogens is 1. The minimum atomic E-state index is -1.26. The number of carboxylic acid groups (broad SMARTS) is 1. The second kappa shape index (κ2) is 11.7. The van der Waals surface area contributed by atoms with Gasteiger partial charge in [0.1, 0.15) is 24.2 Å². The summed E-state index contributed by atoms with van der Waals surface area (Å²) >= 11 is 3.89. The van der Waals surface area contributed by atoms with E-state index < -0.39 is 54.0 Å². The zero-order valence-electron chi connectivity index (χ0n) is 18.2. The smallest absolute Gasteiger partial charge is 0.327 e. The third-order valence-electron chi connectivity index (χ3n) is 5.10. The average molecular weight is 480 g/mol. The number of hydrogen-bond acceptors (Lipinski definition) is 7. The molecule has 1 aromatic heterocycles. The van der Waals surface area contributed by atoms with Crippen molar-refractivity contribution in [3.05, 3.63) is 36.0 Å². The molecule has 3 amide bonds. The van der Waals surface area contributed by atoms with Crippen LogP contribution in [-0.2, 0) is 25.6 Å². The average Bonchev–Trinajstić information content (AvgIpc) is 3.18. The number of nitrogens with one attached hydrogen (secondary N) is 4. The third kappa shape index (κ3) is 6.94. The van der Waals surface area contributed by atoms with Crippen molar-refractivity contribution in [3.8, 4) is 0 Å². The second-order valence-electron chi connectivity index (χ2n) is 7.70. The quantitative estimate of drug-likeness (QED) is 0.188. The molecule has 0 aliphatic heterocycles. The number of aromatic nitrogens is 1. The minimum Gasteiger partial charge on any atom is -0.480 e. The van der Waals surface area contributed by atoms with Gasteiger partial charge in [-0.25, -0.2) is 4.79 Å². The molecule has 0 bridgehead atoms. The Hall–Kier alpha value is -3.09. The fraction of sp³-hybridized carbons (Fsp3) is 0.429. The first kappa shape index (κ1) is 26.2. The molecule has 12 heteroatoms. The number of aliphatic carboxylic acids is 1. The lowest BCUT2D eigenvalue weighted by atomic mass is 10.0. The van der Waals surface area contributed by atoms with Crippen molar-refractivity contribution in [2.45, 2.75) is 50.5 Å². The molecule has 1 heterocycles. The first-order chi connectivity index (χ1) is 15.5. The number of benzene rings is 1. The molecule has 0 spiro atoms. The molecular formula is C21H29N5O6S. The molecule has 0 fully saturated rings. The number of nitrogens with two attached hydrogens (primary N) is 1. The first-order valence-corrected chi connectivity index (χ1v) is 10.9. The Morgan fingerprint density at radius 3 is 2.27 bits per heavy atom. The first-order valence-electron chi connectivity index (χ1n) is 10.3. The number of aliphatic hydroxyl groups excluding tert-OH is 1. The summed E-state index contributed by atoms with van der Waals surface area (Å²) in [6.45, 7) is 2.74. The molecule has 0 saturated carbocycles. The minimum absolute atomic E-state index is 0.0802. The van der Waals surface area contributed by atoms with Crippen LogP contribution in [0.25, 0.3) is 10.9 Å². The van der Waals surface area contributed by atoms with Crippen LogP contribution in [0.2, 0.25) is 0 Å². The van der Waals surface area contributed by atoms with E-state index in [0.29, 0.717) is 0 Å². The third-order valence-corrected chi connectivity index (χ3v) is 5.47. The fourth-order valence-corrected chi connectivity index (χ4v) is 3.33. The maximum absolute atomic E-state index is 13.0. The van der Waals surface area contributed by atoms with E-state index in [1.54, 1.807) is 6.20 Å². The van der Waals surface area contributed by atoms with Crippen LogP contribution in [0.1, 0.15) is 19.4 Å². The van der Waals surface area contributed by atoms with Gasteiger partial charge in [0.25, 0.3) is 0 Å². The van der Waals surface area contributed by atoms with Crippen molar-refractivity contribution in [2.24, 2.45) is 5.73 Å². The number of hydrogen-bond donors (Lipinski definition) is 8. The number of amides is 3. The van der Waals surface area contributed by atoms with Gasteiger partial charge in [0.2, 0.25) is 17.7 Å². The van der Waals surface area contributed by atoms with E-state index in [9.17, 15) is 24.3 Å². The predicted molar refractivity (Wildman–Crippen MR) is 125 cm³/mol. The molecule has 0 aliphatic rings. The molecule has 5 atom stereocenters. The number of carbonyl (C=O) groups is 4. The summed E-state index contributed by atoms with van der Waals surface area (Å²) in [6.07, 6.45) is 0.656. The molecule has 8 N–H and O–H groups in total. The van der Waals surface area contributed by atoms with Crippen molar-refractivity contribution >= 4 is 47.2 Å². The van der Waals surface area contributed by atoms with E-state index in [-0.39, 0.29) is 12.2 Å². The highest BCUT2D eigenvalue weighted by Crippen LogP contribution is 2.19. The highest BCUT2D eigenvalue weighted by molar-refractivity contribution is 7.80. The number of aromatic amines is 1. The van der Waals surface area contributed by atoms with Crippen LogP contribution in [0.15, 0.2) is 30.5 Å². The predicted octanol–water partition coefficient (Wildman–Crippen LogP) is -1.09. The highest BCUT2D eigenvalue weighted by Gasteiger charge is 2.29. The lowest BCUT2D eigenvalue weighted by molar-refractivity contribution is -0.141. The molecule has 0 saturated heterocycles. The van der Waals surface area contributed by atoms with Crippen LogP contribution >= 0.6 is 12.6 Å². The highest BCUT2D eigenvalue weighted by atomic mass is 32.1. The lowest BCUT2D eigenvalue weighted by Crippen LogP contribution is -2.58. The topological polar surface area (TPSA) is 187 Å². The Morgan fingerprint density at radius 1 is 1.03 bits per heavy atom. The standard InChI is InChI=1S/C21H29N5O6S/c1-10(18(28)26-16(9-33)21(31)32)24-19(29)15(25-20(30)17(22)11(2)27)7-12-8-23-14-6-4-3-5-13(12)14/h3-6,8,10-11,15-17,23,27,33H,7,9,22H2,1-2H3,(H,24,29)(H,25,30)(H,26,28)(H,31,32)/t10-,11+,15-,16-,17-/m0/s1. The van der Waals surface area contributed by atoms with E-state index in [4.69, 9.17) is 10.8 Å². The molecule has 11 nitrogen and oxygen atoms in total. The zero-order chi connectivity index (χ0) is 24.7. The number of carbonyl (C=O) groups excluding carboxylic acids is 3. The van der Waals surface area contributed by atoms with Crippen LogP contribution < -0.4 is 21.7 Å². The SMILES string of the molecule is C[C@H](NC(=O)[C@H](Cc1c[nH]c2ccccc12)NC(=O)[C@@H](N)[C@@H](C)O)C(=O)N[C@@H](CS)C(=O)O. The van der Waals surface area contributed by atoms with E-state index >= 15 is 0 Å². The van der Waals surface area contributed by atoms with Gasteiger partial charge in [-0.05, 0) is 25.5 Å². The molecule has 1 aromatic carbocycles. The van der Waals surface area contributed by atoms with E-state index in [1.807, 2.05) is 24.3 Å². The zero-order valence-corrected chi connectivity index (χ0v) is 19.1. The fourth-order valence-electron chi connectivity index (χ4n) is 3.08. The molecule has 0 aliphatic carbocycles. The molecule has 0 unspecified atom stereocenters. The van der Waals surface area contributed by atoms with Crippen molar-refractivity contribution in [1.82, 2.24) is 20.9 Å².